The van der Waals surface area contributed by atoms with Crippen molar-refractivity contribution >= 4 is 5.69 Å². The van der Waals surface area contributed by atoms with Crippen LogP contribution < -0.4 is 10.2 Å². The number of rotatable bonds is 6. The summed E-state index contributed by atoms with van der Waals surface area (Å²) in [6.45, 7) is 6.37. The molecule has 0 saturated carbocycles. The zero-order valence-electron chi connectivity index (χ0n) is 13.0. The largest absolute Gasteiger partial charge is 0.368 e. The van der Waals surface area contributed by atoms with Gasteiger partial charge >= 0.3 is 0 Å². The molecule has 1 N–H and O–H groups in total. The minimum Gasteiger partial charge on any atom is -0.368 e. The Balaban J connectivity index is 2.21. The van der Waals surface area contributed by atoms with Crippen molar-refractivity contribution in [1.29, 1.82) is 0 Å². The minimum atomic E-state index is -0.167. The normalized spacial score (nSPS) is 10.7. The first-order valence-corrected chi connectivity index (χ1v) is 7.36. The Morgan fingerprint density at radius 2 is 1.81 bits per heavy atom. The summed E-state index contributed by atoms with van der Waals surface area (Å²) in [6.07, 6.45) is 0. The Kier molecular flexibility index (Phi) is 5.34. The smallest absolute Gasteiger partial charge is 0.146 e. The lowest BCUT2D eigenvalue weighted by atomic mass is 10.1. The van der Waals surface area contributed by atoms with E-state index < -0.39 is 0 Å². The van der Waals surface area contributed by atoms with Crippen molar-refractivity contribution in [2.45, 2.75) is 26.9 Å². The Hall–Kier alpha value is -1.87. The fourth-order valence-corrected chi connectivity index (χ4v) is 2.44. The summed E-state index contributed by atoms with van der Waals surface area (Å²) in [5, 5.41) is 3.27. The summed E-state index contributed by atoms with van der Waals surface area (Å²) >= 11 is 0. The van der Waals surface area contributed by atoms with Crippen LogP contribution in [0.4, 0.5) is 10.1 Å². The Labute approximate surface area is 126 Å². The van der Waals surface area contributed by atoms with Crippen molar-refractivity contribution in [2.75, 3.05) is 18.5 Å². The third-order valence-corrected chi connectivity index (χ3v) is 3.56. The van der Waals surface area contributed by atoms with Crippen LogP contribution in [0.2, 0.25) is 0 Å². The number of anilines is 1. The lowest BCUT2D eigenvalue weighted by Crippen LogP contribution is -2.22. The first-order chi connectivity index (χ1) is 10.1. The Morgan fingerprint density at radius 1 is 1.10 bits per heavy atom. The molecule has 0 fully saturated rings. The minimum absolute atomic E-state index is 0.167. The molecule has 0 radical (unpaired) electrons. The van der Waals surface area contributed by atoms with E-state index in [1.54, 1.807) is 6.07 Å². The molecule has 2 nitrogen and oxygen atoms in total. The van der Waals surface area contributed by atoms with E-state index in [4.69, 9.17) is 0 Å². The van der Waals surface area contributed by atoms with Gasteiger partial charge in [0.1, 0.15) is 5.82 Å². The fraction of sp³-hybridized carbons (Fsp3) is 0.333. The molecule has 21 heavy (non-hydrogen) atoms. The third-order valence-electron chi connectivity index (χ3n) is 3.56. The maximum absolute atomic E-state index is 14.2. The van der Waals surface area contributed by atoms with Crippen LogP contribution in [-0.2, 0) is 13.1 Å². The third kappa shape index (κ3) is 4.05. The van der Waals surface area contributed by atoms with E-state index in [1.165, 1.54) is 17.2 Å². The maximum Gasteiger partial charge on any atom is 0.146 e. The molecule has 0 aliphatic carbocycles. The van der Waals surface area contributed by atoms with Crippen molar-refractivity contribution in [3.63, 3.8) is 0 Å². The van der Waals surface area contributed by atoms with Gasteiger partial charge in [-0.1, -0.05) is 48.9 Å². The summed E-state index contributed by atoms with van der Waals surface area (Å²) in [7, 11) is 1.94. The van der Waals surface area contributed by atoms with Crippen LogP contribution in [0.5, 0.6) is 0 Å². The van der Waals surface area contributed by atoms with Gasteiger partial charge in [0.15, 0.2) is 0 Å². The van der Waals surface area contributed by atoms with Crippen molar-refractivity contribution in [3.05, 3.63) is 65.0 Å². The number of hydrogen-bond donors (Lipinski definition) is 1. The number of nitrogens with zero attached hydrogens (tertiary/aromatic N) is 1. The molecule has 0 amide bonds. The molecule has 0 aromatic heterocycles. The second-order valence-corrected chi connectivity index (χ2v) is 5.37. The quantitative estimate of drug-likeness (QED) is 0.867. The zero-order chi connectivity index (χ0) is 15.2. The highest BCUT2D eigenvalue weighted by Crippen LogP contribution is 2.25. The molecule has 0 atom stereocenters. The molecule has 0 bridgehead atoms. The second-order valence-electron chi connectivity index (χ2n) is 5.37. The van der Waals surface area contributed by atoms with Crippen LogP contribution in [0.25, 0.3) is 0 Å². The van der Waals surface area contributed by atoms with E-state index >= 15 is 0 Å². The van der Waals surface area contributed by atoms with Crippen LogP contribution in [-0.4, -0.2) is 13.6 Å². The topological polar surface area (TPSA) is 15.3 Å². The SMILES string of the molecule is CCNCc1cccc(F)c1N(C)Cc1ccc(C)cc1. The monoisotopic (exact) mass is 286 g/mol. The highest BCUT2D eigenvalue weighted by molar-refractivity contribution is 5.54. The van der Waals surface area contributed by atoms with Crippen molar-refractivity contribution in [1.82, 2.24) is 5.32 Å². The number of aryl methyl sites for hydroxylation is 1. The van der Waals surface area contributed by atoms with E-state index in [1.807, 2.05) is 18.0 Å². The fourth-order valence-electron chi connectivity index (χ4n) is 2.44. The van der Waals surface area contributed by atoms with Gasteiger partial charge in [0.05, 0.1) is 5.69 Å². The molecule has 0 heterocycles. The van der Waals surface area contributed by atoms with Gasteiger partial charge in [0.25, 0.3) is 0 Å². The lowest BCUT2D eigenvalue weighted by Gasteiger charge is -2.23. The Morgan fingerprint density at radius 3 is 2.48 bits per heavy atom. The van der Waals surface area contributed by atoms with Gasteiger partial charge in [-0.05, 0) is 30.7 Å². The first kappa shape index (κ1) is 15.5. The summed E-state index contributed by atoms with van der Waals surface area (Å²) < 4.78 is 14.2. The van der Waals surface area contributed by atoms with Crippen LogP contribution in [0, 0.1) is 12.7 Å². The standard InChI is InChI=1S/C18H23FN2/c1-4-20-12-16-6-5-7-17(19)18(16)21(3)13-15-10-8-14(2)9-11-15/h5-11,20H,4,12-13H2,1-3H3. The van der Waals surface area contributed by atoms with E-state index in [0.29, 0.717) is 18.8 Å². The predicted molar refractivity (Wildman–Crippen MR) is 87.1 cm³/mol. The average Bonchev–Trinajstić information content (AvgIpc) is 2.47. The van der Waals surface area contributed by atoms with E-state index in [2.05, 4.69) is 43.4 Å². The van der Waals surface area contributed by atoms with Crippen LogP contribution in [0.15, 0.2) is 42.5 Å². The number of nitrogens with one attached hydrogen (secondary N) is 1. The highest BCUT2D eigenvalue weighted by Gasteiger charge is 2.13. The first-order valence-electron chi connectivity index (χ1n) is 7.36. The lowest BCUT2D eigenvalue weighted by molar-refractivity contribution is 0.615. The van der Waals surface area contributed by atoms with Gasteiger partial charge < -0.3 is 10.2 Å². The molecule has 2 aromatic rings. The van der Waals surface area contributed by atoms with Crippen molar-refractivity contribution in [2.24, 2.45) is 0 Å². The predicted octanol–water partition coefficient (Wildman–Crippen LogP) is 3.88. The van der Waals surface area contributed by atoms with Gasteiger partial charge in [-0.2, -0.15) is 0 Å². The highest BCUT2D eigenvalue weighted by atomic mass is 19.1. The molecule has 0 unspecified atom stereocenters. The van der Waals surface area contributed by atoms with E-state index in [-0.39, 0.29) is 5.82 Å². The van der Waals surface area contributed by atoms with Gasteiger partial charge in [0, 0.05) is 20.1 Å². The molecule has 2 aromatic carbocycles. The Bertz CT molecular complexity index is 578. The summed E-state index contributed by atoms with van der Waals surface area (Å²) in [4.78, 5) is 1.98. The molecular formula is C18H23FN2. The van der Waals surface area contributed by atoms with Crippen LogP contribution >= 0.6 is 0 Å². The number of para-hydroxylation sites is 1. The molecule has 2 rings (SSSR count). The average molecular weight is 286 g/mol. The van der Waals surface area contributed by atoms with Crippen molar-refractivity contribution < 1.29 is 4.39 Å². The van der Waals surface area contributed by atoms with Gasteiger partial charge in [-0.3, -0.25) is 0 Å². The van der Waals surface area contributed by atoms with E-state index in [0.717, 1.165) is 12.1 Å². The van der Waals surface area contributed by atoms with Gasteiger partial charge in [0.2, 0.25) is 0 Å². The summed E-state index contributed by atoms with van der Waals surface area (Å²) in [5.41, 5.74) is 4.09. The maximum atomic E-state index is 14.2. The number of benzene rings is 2. The van der Waals surface area contributed by atoms with E-state index in [9.17, 15) is 4.39 Å². The molecule has 0 aliphatic rings. The second kappa shape index (κ2) is 7.23. The zero-order valence-corrected chi connectivity index (χ0v) is 13.0. The molecule has 0 saturated heterocycles. The van der Waals surface area contributed by atoms with Crippen LogP contribution in [0.1, 0.15) is 23.6 Å². The van der Waals surface area contributed by atoms with Gasteiger partial charge in [-0.25, -0.2) is 4.39 Å². The molecular weight excluding hydrogens is 263 g/mol. The molecule has 0 spiro atoms. The molecule has 0 aliphatic heterocycles. The van der Waals surface area contributed by atoms with Crippen molar-refractivity contribution in [3.8, 4) is 0 Å². The van der Waals surface area contributed by atoms with Gasteiger partial charge in [-0.15, -0.1) is 0 Å². The molecule has 3 heteroatoms. The summed E-state index contributed by atoms with van der Waals surface area (Å²) in [5.74, 6) is -0.167. The summed E-state index contributed by atoms with van der Waals surface area (Å²) in [6, 6.07) is 13.6. The number of halogens is 1. The number of hydrogen-bond acceptors (Lipinski definition) is 2. The van der Waals surface area contributed by atoms with Crippen LogP contribution in [0.3, 0.4) is 0 Å². The molecule has 112 valence electrons.